The highest BCUT2D eigenvalue weighted by Gasteiger charge is 2.38. The van der Waals surface area contributed by atoms with Gasteiger partial charge in [0.2, 0.25) is 0 Å². The molecule has 0 bridgehead atoms. The molecular weight excluding hydrogens is 516 g/mol. The first kappa shape index (κ1) is 23.4. The van der Waals surface area contributed by atoms with Crippen LogP contribution in [0.25, 0.3) is 87.6 Å². The van der Waals surface area contributed by atoms with Crippen LogP contribution in [0.1, 0.15) is 25.0 Å². The molecule has 0 saturated carbocycles. The van der Waals surface area contributed by atoms with E-state index in [9.17, 15) is 0 Å². The topological polar surface area (TPSA) is 0 Å². The first-order valence-electron chi connectivity index (χ1n) is 15.3. The molecule has 0 aliphatic heterocycles. The minimum absolute atomic E-state index is 0.105. The Morgan fingerprint density at radius 1 is 0.395 bits per heavy atom. The molecule has 0 fully saturated rings. The molecule has 0 heterocycles. The summed E-state index contributed by atoms with van der Waals surface area (Å²) >= 11 is 0. The maximum Gasteiger partial charge on any atom is 0.0165 e. The molecule has 8 aromatic carbocycles. The van der Waals surface area contributed by atoms with Crippen LogP contribution in [0.2, 0.25) is 0 Å². The Morgan fingerprint density at radius 3 is 1.84 bits per heavy atom. The molecule has 0 nitrogen and oxygen atoms in total. The lowest BCUT2D eigenvalue weighted by Gasteiger charge is -2.24. The highest BCUT2D eigenvalue weighted by molar-refractivity contribution is 6.21. The lowest BCUT2D eigenvalue weighted by Crippen LogP contribution is -2.15. The molecule has 0 radical (unpaired) electrons. The van der Waals surface area contributed by atoms with E-state index in [-0.39, 0.29) is 5.41 Å². The maximum absolute atomic E-state index is 2.46. The molecule has 0 spiro atoms. The fourth-order valence-electron chi connectivity index (χ4n) is 8.45. The van der Waals surface area contributed by atoms with Crippen LogP contribution in [0.5, 0.6) is 0 Å². The van der Waals surface area contributed by atoms with Crippen molar-refractivity contribution in [2.75, 3.05) is 0 Å². The zero-order valence-corrected chi connectivity index (χ0v) is 24.2. The molecule has 0 saturated heterocycles. The minimum atomic E-state index is -0.105. The van der Waals surface area contributed by atoms with Gasteiger partial charge in [-0.1, -0.05) is 129 Å². The van der Waals surface area contributed by atoms with Crippen LogP contribution in [0, 0.1) is 0 Å². The lowest BCUT2D eigenvalue weighted by molar-refractivity contribution is 0.667. The zero-order chi connectivity index (χ0) is 28.4. The second kappa shape index (κ2) is 8.00. The summed E-state index contributed by atoms with van der Waals surface area (Å²) in [5, 5.41) is 10.7. The summed E-state index contributed by atoms with van der Waals surface area (Å²) in [5.41, 5.74) is 13.5. The molecule has 0 N–H and O–H groups in total. The second-order valence-corrected chi connectivity index (χ2v) is 12.9. The van der Waals surface area contributed by atoms with Gasteiger partial charge in [0, 0.05) is 5.41 Å². The zero-order valence-electron chi connectivity index (χ0n) is 24.2. The van der Waals surface area contributed by atoms with Crippen LogP contribution < -0.4 is 0 Å². The normalized spacial score (nSPS) is 14.0. The van der Waals surface area contributed by atoms with Crippen molar-refractivity contribution in [1.29, 1.82) is 0 Å². The molecule has 0 amide bonds. The molecule has 0 atom stereocenters. The van der Waals surface area contributed by atoms with Gasteiger partial charge in [-0.05, 0) is 117 Å². The van der Waals surface area contributed by atoms with Crippen LogP contribution in [-0.4, -0.2) is 0 Å². The fourth-order valence-corrected chi connectivity index (χ4v) is 8.45. The third kappa shape index (κ3) is 2.91. The van der Waals surface area contributed by atoms with E-state index in [0.717, 1.165) is 0 Å². The smallest absolute Gasteiger partial charge is 0.0165 e. The first-order valence-corrected chi connectivity index (χ1v) is 15.3. The molecule has 10 rings (SSSR count). The highest BCUT2D eigenvalue weighted by Crippen LogP contribution is 2.56. The average Bonchev–Trinajstić information content (AvgIpc) is 3.50. The molecule has 200 valence electrons. The fraction of sp³-hybridized carbons (Fsp3) is 0.0698. The third-order valence-electron chi connectivity index (χ3n) is 10.3. The Kier molecular flexibility index (Phi) is 4.35. The number of rotatable bonds is 1. The summed E-state index contributed by atoms with van der Waals surface area (Å²) in [4.78, 5) is 0. The van der Waals surface area contributed by atoms with E-state index in [1.165, 1.54) is 98.7 Å². The van der Waals surface area contributed by atoms with Crippen LogP contribution >= 0.6 is 0 Å². The Bertz CT molecular complexity index is 2500. The van der Waals surface area contributed by atoms with Crippen molar-refractivity contribution >= 4 is 43.1 Å². The molecule has 2 aliphatic carbocycles. The van der Waals surface area contributed by atoms with E-state index in [2.05, 4.69) is 147 Å². The largest absolute Gasteiger partial charge is 0.0616 e. The van der Waals surface area contributed by atoms with Crippen molar-refractivity contribution in [3.8, 4) is 44.5 Å². The van der Waals surface area contributed by atoms with Crippen molar-refractivity contribution < 1.29 is 0 Å². The van der Waals surface area contributed by atoms with E-state index in [0.29, 0.717) is 0 Å². The Morgan fingerprint density at radius 2 is 1.02 bits per heavy atom. The van der Waals surface area contributed by atoms with Gasteiger partial charge >= 0.3 is 0 Å². The quantitative estimate of drug-likeness (QED) is 0.180. The molecule has 2 aliphatic rings. The molecule has 43 heavy (non-hydrogen) atoms. The van der Waals surface area contributed by atoms with Crippen molar-refractivity contribution in [3.63, 3.8) is 0 Å². The van der Waals surface area contributed by atoms with Gasteiger partial charge in [-0.3, -0.25) is 0 Å². The van der Waals surface area contributed by atoms with Crippen molar-refractivity contribution in [2.24, 2.45) is 0 Å². The van der Waals surface area contributed by atoms with E-state index in [4.69, 9.17) is 0 Å². The van der Waals surface area contributed by atoms with Crippen LogP contribution in [0.4, 0.5) is 0 Å². The minimum Gasteiger partial charge on any atom is -0.0616 e. The van der Waals surface area contributed by atoms with Gasteiger partial charge in [0.05, 0.1) is 0 Å². The van der Waals surface area contributed by atoms with Crippen molar-refractivity contribution in [1.82, 2.24) is 0 Å². The van der Waals surface area contributed by atoms with E-state index in [1.807, 2.05) is 0 Å². The maximum atomic E-state index is 2.46. The highest BCUT2D eigenvalue weighted by atomic mass is 14.4. The summed E-state index contributed by atoms with van der Waals surface area (Å²) in [6.07, 6.45) is 0. The summed E-state index contributed by atoms with van der Waals surface area (Å²) < 4.78 is 0. The SMILES string of the molecule is CC1(C)c2cc3ccccc3cc2-c2c1c1ccc(-c3ccc4c5c(cccc35)-c3ccccc3-4)cc1c1ccccc21. The molecule has 0 unspecified atom stereocenters. The predicted octanol–water partition coefficient (Wildman–Crippen LogP) is 11.9. The van der Waals surface area contributed by atoms with Gasteiger partial charge < -0.3 is 0 Å². The summed E-state index contributed by atoms with van der Waals surface area (Å²) in [6.45, 7) is 4.82. The predicted molar refractivity (Wildman–Crippen MR) is 184 cm³/mol. The average molecular weight is 545 g/mol. The Labute approximate surface area is 250 Å². The van der Waals surface area contributed by atoms with E-state index < -0.39 is 0 Å². The standard InChI is InChI=1S/C43H28/c1-43(2)39-24-26-11-4-3-10-25(26)22-38(39)41-34-15-8-7-14-31(34)37-23-27(18-19-36(37)42(41)43)28-20-21-35-30-13-6-5-12-29(30)33-17-9-16-32(28)40(33)35/h3-24H,1-2H3. The van der Waals surface area contributed by atoms with Gasteiger partial charge in [-0.15, -0.1) is 0 Å². The first-order chi connectivity index (χ1) is 21.1. The lowest BCUT2D eigenvalue weighted by atomic mass is 9.78. The van der Waals surface area contributed by atoms with Gasteiger partial charge in [0.25, 0.3) is 0 Å². The monoisotopic (exact) mass is 544 g/mol. The molecular formula is C43H28. The number of hydrogen-bond acceptors (Lipinski definition) is 0. The van der Waals surface area contributed by atoms with Gasteiger partial charge in [0.1, 0.15) is 0 Å². The van der Waals surface area contributed by atoms with Gasteiger partial charge in [-0.25, -0.2) is 0 Å². The van der Waals surface area contributed by atoms with Crippen LogP contribution in [-0.2, 0) is 5.41 Å². The summed E-state index contributed by atoms with van der Waals surface area (Å²) in [5.74, 6) is 0. The summed E-state index contributed by atoms with van der Waals surface area (Å²) in [6, 6.07) is 50.2. The van der Waals surface area contributed by atoms with Crippen LogP contribution in [0.3, 0.4) is 0 Å². The van der Waals surface area contributed by atoms with Crippen molar-refractivity contribution in [3.05, 3.63) is 145 Å². The molecule has 0 aromatic heterocycles. The number of benzene rings is 8. The number of fused-ring (bicyclic) bond motifs is 12. The van der Waals surface area contributed by atoms with Crippen LogP contribution in [0.15, 0.2) is 133 Å². The second-order valence-electron chi connectivity index (χ2n) is 12.9. The van der Waals surface area contributed by atoms with Gasteiger partial charge in [-0.2, -0.15) is 0 Å². The van der Waals surface area contributed by atoms with E-state index >= 15 is 0 Å². The van der Waals surface area contributed by atoms with Gasteiger partial charge in [0.15, 0.2) is 0 Å². The van der Waals surface area contributed by atoms with E-state index in [1.54, 1.807) is 0 Å². The molecule has 0 heteroatoms. The summed E-state index contributed by atoms with van der Waals surface area (Å²) in [7, 11) is 0. The Hall–Kier alpha value is -5.20. The van der Waals surface area contributed by atoms with Crippen molar-refractivity contribution in [2.45, 2.75) is 19.3 Å². The Balaban J connectivity index is 1.27. The molecule has 8 aromatic rings. The number of hydrogen-bond donors (Lipinski definition) is 0. The third-order valence-corrected chi connectivity index (χ3v) is 10.3.